The number of carbonyl (C=O) groups is 1. The van der Waals surface area contributed by atoms with Crippen molar-refractivity contribution < 1.29 is 9.90 Å². The number of nitrogens with two attached hydrogens (primary N) is 2. The highest BCUT2D eigenvalue weighted by Gasteiger charge is 2.60. The van der Waals surface area contributed by atoms with Crippen LogP contribution in [0.15, 0.2) is 4.99 Å². The third-order valence-corrected chi connectivity index (χ3v) is 10.5. The zero-order chi connectivity index (χ0) is 22.2. The van der Waals surface area contributed by atoms with E-state index in [4.69, 9.17) is 16.6 Å². The van der Waals surface area contributed by atoms with Crippen LogP contribution >= 0.6 is 0 Å². The minimum atomic E-state index is -0.637. The molecule has 0 unspecified atom stereocenters. The first kappa shape index (κ1) is 22.9. The van der Waals surface area contributed by atoms with Crippen LogP contribution in [0.25, 0.3) is 0 Å². The third-order valence-electron chi connectivity index (χ3n) is 10.5. The number of rotatable bonds is 7. The zero-order valence-corrected chi connectivity index (χ0v) is 19.8. The molecule has 0 aromatic heterocycles. The molecular weight excluding hydrogens is 386 g/mol. The van der Waals surface area contributed by atoms with Crippen LogP contribution in [0.4, 0.5) is 0 Å². The van der Waals surface area contributed by atoms with Gasteiger partial charge < -0.3 is 16.6 Å². The molecule has 0 aromatic rings. The molecule has 4 aliphatic carbocycles. The largest absolute Gasteiger partial charge is 0.481 e. The predicted molar refractivity (Wildman–Crippen MR) is 125 cm³/mol. The normalized spacial score (nSPS) is 44.1. The van der Waals surface area contributed by atoms with E-state index in [1.165, 1.54) is 64.2 Å². The van der Waals surface area contributed by atoms with Crippen molar-refractivity contribution in [3.63, 3.8) is 0 Å². The molecular formula is C26H45N3O2. The van der Waals surface area contributed by atoms with E-state index >= 15 is 0 Å². The topological polar surface area (TPSA) is 102 Å². The molecule has 0 radical (unpaired) electrons. The van der Waals surface area contributed by atoms with Gasteiger partial charge in [0.05, 0.1) is 0 Å². The van der Waals surface area contributed by atoms with Crippen LogP contribution in [0.2, 0.25) is 0 Å². The highest BCUT2D eigenvalue weighted by Crippen LogP contribution is 2.68. The molecule has 176 valence electrons. The van der Waals surface area contributed by atoms with Gasteiger partial charge in [0, 0.05) is 13.0 Å². The molecule has 8 atom stereocenters. The maximum Gasteiger partial charge on any atom is 0.303 e. The second kappa shape index (κ2) is 8.94. The minimum Gasteiger partial charge on any atom is -0.481 e. The molecule has 0 amide bonds. The van der Waals surface area contributed by atoms with Gasteiger partial charge in [0.15, 0.2) is 5.96 Å². The van der Waals surface area contributed by atoms with E-state index in [0.29, 0.717) is 23.2 Å². The number of aliphatic imine (C=N–C) groups is 1. The maximum absolute atomic E-state index is 11.1. The lowest BCUT2D eigenvalue weighted by molar-refractivity contribution is -0.143. The van der Waals surface area contributed by atoms with E-state index in [-0.39, 0.29) is 5.96 Å². The molecule has 31 heavy (non-hydrogen) atoms. The molecule has 0 aliphatic heterocycles. The van der Waals surface area contributed by atoms with E-state index in [1.807, 2.05) is 0 Å². The van der Waals surface area contributed by atoms with Crippen molar-refractivity contribution in [2.75, 3.05) is 6.54 Å². The third kappa shape index (κ3) is 4.48. The Balaban J connectivity index is 1.53. The van der Waals surface area contributed by atoms with Crippen LogP contribution in [0.3, 0.4) is 0 Å². The molecule has 0 spiro atoms. The SMILES string of the molecule is C[C@@]12CCC[C@H]1[C@@H]1[C@@H](CCCN=C(N)N)C[C@H]3C[C@@H](CCC(=O)O)CC[C@]3(C)[C@H]1CC2. The molecule has 0 bridgehead atoms. The number of guanidine groups is 1. The van der Waals surface area contributed by atoms with Gasteiger partial charge >= 0.3 is 5.97 Å². The Morgan fingerprint density at radius 3 is 2.58 bits per heavy atom. The highest BCUT2D eigenvalue weighted by atomic mass is 16.4. The Morgan fingerprint density at radius 1 is 1.03 bits per heavy atom. The first-order valence-corrected chi connectivity index (χ1v) is 13.0. The van der Waals surface area contributed by atoms with Crippen LogP contribution in [-0.2, 0) is 4.79 Å². The Labute approximate surface area is 188 Å². The van der Waals surface area contributed by atoms with Crippen LogP contribution < -0.4 is 11.5 Å². The molecule has 5 N–H and O–H groups in total. The first-order valence-electron chi connectivity index (χ1n) is 13.0. The fourth-order valence-corrected chi connectivity index (χ4v) is 8.96. The van der Waals surface area contributed by atoms with E-state index in [9.17, 15) is 4.79 Å². The Bertz CT molecular complexity index is 690. The summed E-state index contributed by atoms with van der Waals surface area (Å²) in [5.41, 5.74) is 12.2. The molecule has 5 heteroatoms. The maximum atomic E-state index is 11.1. The van der Waals surface area contributed by atoms with Crippen molar-refractivity contribution in [2.45, 2.75) is 97.3 Å². The van der Waals surface area contributed by atoms with Gasteiger partial charge in [0.1, 0.15) is 0 Å². The highest BCUT2D eigenvalue weighted by molar-refractivity contribution is 5.75. The zero-order valence-electron chi connectivity index (χ0n) is 19.8. The van der Waals surface area contributed by atoms with Gasteiger partial charge in [-0.1, -0.05) is 20.3 Å². The second-order valence-electron chi connectivity index (χ2n) is 12.1. The van der Waals surface area contributed by atoms with Gasteiger partial charge in [-0.15, -0.1) is 0 Å². The lowest BCUT2D eigenvalue weighted by Gasteiger charge is -2.63. The van der Waals surface area contributed by atoms with Gasteiger partial charge in [-0.25, -0.2) is 0 Å². The minimum absolute atomic E-state index is 0.212. The summed E-state index contributed by atoms with van der Waals surface area (Å²) in [6.45, 7) is 5.96. The van der Waals surface area contributed by atoms with E-state index in [1.54, 1.807) is 0 Å². The summed E-state index contributed by atoms with van der Waals surface area (Å²) in [4.78, 5) is 15.4. The summed E-state index contributed by atoms with van der Waals surface area (Å²) in [7, 11) is 0. The average Bonchev–Trinajstić information content (AvgIpc) is 3.11. The molecule has 4 saturated carbocycles. The monoisotopic (exact) mass is 431 g/mol. The molecule has 5 nitrogen and oxygen atoms in total. The summed E-state index contributed by atoms with van der Waals surface area (Å²) in [5.74, 6) is 4.37. The van der Waals surface area contributed by atoms with Crippen molar-refractivity contribution in [3.05, 3.63) is 0 Å². The summed E-state index contributed by atoms with van der Waals surface area (Å²) in [6, 6.07) is 0. The van der Waals surface area contributed by atoms with Crippen molar-refractivity contribution in [3.8, 4) is 0 Å². The average molecular weight is 432 g/mol. The molecule has 0 heterocycles. The first-order chi connectivity index (χ1) is 14.7. The number of aliphatic carboxylic acids is 1. The van der Waals surface area contributed by atoms with Gasteiger partial charge in [-0.3, -0.25) is 9.79 Å². The Hall–Kier alpha value is -1.26. The molecule has 4 rings (SSSR count). The van der Waals surface area contributed by atoms with E-state index in [0.717, 1.165) is 49.0 Å². The quantitative estimate of drug-likeness (QED) is 0.294. The Morgan fingerprint density at radius 2 is 1.84 bits per heavy atom. The fraction of sp³-hybridized carbons (Fsp3) is 0.923. The van der Waals surface area contributed by atoms with Crippen molar-refractivity contribution in [1.82, 2.24) is 0 Å². The van der Waals surface area contributed by atoms with Gasteiger partial charge in [0.2, 0.25) is 0 Å². The molecule has 4 aliphatic rings. The predicted octanol–water partition coefficient (Wildman–Crippen LogP) is 5.18. The lowest BCUT2D eigenvalue weighted by Crippen LogP contribution is -2.55. The second-order valence-corrected chi connectivity index (χ2v) is 12.1. The van der Waals surface area contributed by atoms with Crippen LogP contribution in [0, 0.1) is 46.3 Å². The van der Waals surface area contributed by atoms with E-state index in [2.05, 4.69) is 18.8 Å². The van der Waals surface area contributed by atoms with Crippen LogP contribution in [-0.4, -0.2) is 23.6 Å². The molecule has 0 aromatic carbocycles. The lowest BCUT2D eigenvalue weighted by atomic mass is 9.42. The molecule has 0 saturated heterocycles. The summed E-state index contributed by atoms with van der Waals surface area (Å²) in [5, 5.41) is 9.17. The standard InChI is InChI=1S/C26H45N3O2/c1-25-11-3-6-20(25)23-18(5-4-14-29-24(27)28)16-19-15-17(7-8-22(30)31)9-13-26(19,2)21(23)10-12-25/h17-21,23H,3-16H2,1-2H3,(H,30,31)(H4,27,28,29)/t17-,18-,19+,20-,21-,23-,25-,26-/m0/s1. The smallest absolute Gasteiger partial charge is 0.303 e. The van der Waals surface area contributed by atoms with Crippen molar-refractivity contribution in [1.29, 1.82) is 0 Å². The van der Waals surface area contributed by atoms with Crippen LogP contribution in [0.5, 0.6) is 0 Å². The van der Waals surface area contributed by atoms with Crippen molar-refractivity contribution in [2.24, 2.45) is 62.8 Å². The summed E-state index contributed by atoms with van der Waals surface area (Å²) < 4.78 is 0. The van der Waals surface area contributed by atoms with Gasteiger partial charge in [-0.2, -0.15) is 0 Å². The molecule has 4 fully saturated rings. The number of hydrogen-bond donors (Lipinski definition) is 3. The van der Waals surface area contributed by atoms with E-state index < -0.39 is 5.97 Å². The summed E-state index contributed by atoms with van der Waals surface area (Å²) >= 11 is 0. The van der Waals surface area contributed by atoms with Gasteiger partial charge in [-0.05, 0) is 117 Å². The number of carboxylic acids is 1. The summed E-state index contributed by atoms with van der Waals surface area (Å²) in [6.07, 6.45) is 15.8. The Kier molecular flexibility index (Phi) is 6.61. The number of fused-ring (bicyclic) bond motifs is 5. The van der Waals surface area contributed by atoms with Crippen LogP contribution in [0.1, 0.15) is 97.3 Å². The number of hydrogen-bond acceptors (Lipinski definition) is 2. The van der Waals surface area contributed by atoms with Crippen molar-refractivity contribution >= 4 is 11.9 Å². The number of nitrogens with zero attached hydrogens (tertiary/aromatic N) is 1. The number of carboxylic acid groups (broad SMARTS) is 1. The van der Waals surface area contributed by atoms with Gasteiger partial charge in [0.25, 0.3) is 0 Å². The fourth-order valence-electron chi connectivity index (χ4n) is 8.96.